The van der Waals surface area contributed by atoms with E-state index in [0.29, 0.717) is 18.1 Å². The van der Waals surface area contributed by atoms with Crippen molar-refractivity contribution in [3.05, 3.63) is 40.8 Å². The molecule has 7 heteroatoms. The lowest BCUT2D eigenvalue weighted by Gasteiger charge is -2.14. The zero-order valence-electron chi connectivity index (χ0n) is 13.1. The maximum atomic E-state index is 12.3. The number of thioether (sulfide) groups is 1. The largest absolute Gasteiger partial charge is 0.376 e. The van der Waals surface area contributed by atoms with Gasteiger partial charge in [-0.15, -0.1) is 0 Å². The molecule has 2 saturated heterocycles. The van der Waals surface area contributed by atoms with Gasteiger partial charge in [0.05, 0.1) is 11.0 Å². The van der Waals surface area contributed by atoms with E-state index in [1.165, 1.54) is 0 Å². The lowest BCUT2D eigenvalue weighted by Crippen LogP contribution is -2.41. The van der Waals surface area contributed by atoms with Crippen LogP contribution in [0.4, 0.5) is 4.79 Å². The van der Waals surface area contributed by atoms with E-state index in [0.717, 1.165) is 35.1 Å². The lowest BCUT2D eigenvalue weighted by molar-refractivity contribution is -0.129. The molecular weight excluding hydrogens is 328 g/mol. The van der Waals surface area contributed by atoms with Gasteiger partial charge in [0.2, 0.25) is 5.91 Å². The number of benzene rings is 1. The maximum absolute atomic E-state index is 12.3. The number of ether oxygens (including phenoxy) is 1. The number of hydrogen-bond donors (Lipinski definition) is 1. The summed E-state index contributed by atoms with van der Waals surface area (Å²) in [5, 5.41) is 2.30. The predicted octanol–water partition coefficient (Wildman–Crippen LogP) is 2.02. The van der Waals surface area contributed by atoms with Crippen molar-refractivity contribution in [1.82, 2.24) is 10.2 Å². The van der Waals surface area contributed by atoms with Gasteiger partial charge in [0.1, 0.15) is 6.54 Å². The van der Waals surface area contributed by atoms with Crippen LogP contribution in [0.1, 0.15) is 18.4 Å². The van der Waals surface area contributed by atoms with Gasteiger partial charge in [-0.2, -0.15) is 0 Å². The quantitative estimate of drug-likeness (QED) is 0.826. The Bertz CT molecular complexity index is 668. The molecule has 1 aromatic rings. The molecule has 2 fully saturated rings. The van der Waals surface area contributed by atoms with Crippen LogP contribution in [0.2, 0.25) is 0 Å². The molecule has 0 aliphatic carbocycles. The van der Waals surface area contributed by atoms with E-state index in [-0.39, 0.29) is 18.6 Å². The van der Waals surface area contributed by atoms with Crippen molar-refractivity contribution in [1.29, 1.82) is 0 Å². The fraction of sp³-hybridized carbons (Fsp3) is 0.353. The topological polar surface area (TPSA) is 75.7 Å². The van der Waals surface area contributed by atoms with Gasteiger partial charge in [0.15, 0.2) is 0 Å². The van der Waals surface area contributed by atoms with E-state index < -0.39 is 11.1 Å². The van der Waals surface area contributed by atoms with Gasteiger partial charge in [-0.1, -0.05) is 30.3 Å². The summed E-state index contributed by atoms with van der Waals surface area (Å²) in [5.74, 6) is -0.783. The number of imide groups is 1. The molecule has 6 nitrogen and oxygen atoms in total. The van der Waals surface area contributed by atoms with E-state index in [4.69, 9.17) is 4.74 Å². The minimum absolute atomic E-state index is 0.0295. The van der Waals surface area contributed by atoms with E-state index >= 15 is 0 Å². The number of rotatable bonds is 5. The van der Waals surface area contributed by atoms with Crippen molar-refractivity contribution >= 4 is 34.9 Å². The Balaban J connectivity index is 1.57. The molecule has 0 radical (unpaired) electrons. The molecule has 24 heavy (non-hydrogen) atoms. The number of carbonyl (C=O) groups is 3. The van der Waals surface area contributed by atoms with Gasteiger partial charge in [-0.3, -0.25) is 19.3 Å². The summed E-state index contributed by atoms with van der Waals surface area (Å²) in [6.07, 6.45) is 3.60. The molecule has 126 valence electrons. The van der Waals surface area contributed by atoms with E-state index in [1.54, 1.807) is 6.08 Å². The predicted molar refractivity (Wildman–Crippen MR) is 91.1 cm³/mol. The monoisotopic (exact) mass is 346 g/mol. The van der Waals surface area contributed by atoms with Gasteiger partial charge < -0.3 is 10.1 Å². The first kappa shape index (κ1) is 16.7. The highest BCUT2D eigenvalue weighted by Gasteiger charge is 2.36. The highest BCUT2D eigenvalue weighted by molar-refractivity contribution is 8.18. The standard InChI is InChI=1S/C17H18N2O4S/c20-15(18-10-13-7-4-8-23-13)11-19-16(21)14(24-17(19)22)9-12-5-2-1-3-6-12/h1-3,5-6,9,13H,4,7-8,10-11H2,(H,18,20)/b14-9-/t13-/m1/s1. The second-order valence-electron chi connectivity index (χ2n) is 5.62. The summed E-state index contributed by atoms with van der Waals surface area (Å²) < 4.78 is 5.42. The molecule has 0 unspecified atom stereocenters. The minimum Gasteiger partial charge on any atom is -0.376 e. The Morgan fingerprint density at radius 3 is 2.83 bits per heavy atom. The second kappa shape index (κ2) is 7.63. The molecular formula is C17H18N2O4S. The Hall–Kier alpha value is -2.12. The molecule has 0 bridgehead atoms. The summed E-state index contributed by atoms with van der Waals surface area (Å²) in [6.45, 7) is 0.867. The van der Waals surface area contributed by atoms with Gasteiger partial charge in [-0.05, 0) is 36.2 Å². The zero-order chi connectivity index (χ0) is 16.9. The minimum atomic E-state index is -0.430. The Kier molecular flexibility index (Phi) is 5.32. The third kappa shape index (κ3) is 4.04. The normalized spacial score (nSPS) is 22.4. The third-order valence-corrected chi connectivity index (χ3v) is 4.73. The highest BCUT2D eigenvalue weighted by atomic mass is 32.2. The molecule has 0 saturated carbocycles. The fourth-order valence-corrected chi connectivity index (χ4v) is 3.41. The van der Waals surface area contributed by atoms with Gasteiger partial charge in [-0.25, -0.2) is 0 Å². The average Bonchev–Trinajstić information content (AvgIpc) is 3.18. The molecule has 1 N–H and O–H groups in total. The third-order valence-electron chi connectivity index (χ3n) is 3.82. The molecule has 0 spiro atoms. The summed E-state index contributed by atoms with van der Waals surface area (Å²) >= 11 is 0.856. The van der Waals surface area contributed by atoms with Crippen LogP contribution in [-0.2, 0) is 14.3 Å². The Labute approximate surface area is 144 Å². The first-order valence-electron chi connectivity index (χ1n) is 7.82. The maximum Gasteiger partial charge on any atom is 0.294 e. The van der Waals surface area contributed by atoms with Crippen LogP contribution in [0.15, 0.2) is 35.2 Å². The average molecular weight is 346 g/mol. The van der Waals surface area contributed by atoms with Crippen molar-refractivity contribution in [3.63, 3.8) is 0 Å². The first-order chi connectivity index (χ1) is 11.6. The van der Waals surface area contributed by atoms with E-state index in [9.17, 15) is 14.4 Å². The number of nitrogens with zero attached hydrogens (tertiary/aromatic N) is 1. The number of amides is 3. The van der Waals surface area contributed by atoms with Crippen LogP contribution >= 0.6 is 11.8 Å². The van der Waals surface area contributed by atoms with Gasteiger partial charge in [0, 0.05) is 13.2 Å². The molecule has 2 aliphatic rings. The molecule has 1 aromatic carbocycles. The summed E-state index contributed by atoms with van der Waals surface area (Å²) in [6, 6.07) is 9.29. The molecule has 1 atom stereocenters. The molecule has 3 amide bonds. The van der Waals surface area contributed by atoms with Crippen LogP contribution in [-0.4, -0.2) is 47.8 Å². The first-order valence-corrected chi connectivity index (χ1v) is 8.64. The van der Waals surface area contributed by atoms with Crippen molar-refractivity contribution in [2.75, 3.05) is 19.7 Å². The van der Waals surface area contributed by atoms with Gasteiger partial charge in [0.25, 0.3) is 11.1 Å². The molecule has 3 rings (SSSR count). The fourth-order valence-electron chi connectivity index (χ4n) is 2.57. The van der Waals surface area contributed by atoms with Crippen LogP contribution in [0.3, 0.4) is 0 Å². The van der Waals surface area contributed by atoms with E-state index in [2.05, 4.69) is 5.32 Å². The highest BCUT2D eigenvalue weighted by Crippen LogP contribution is 2.31. The summed E-state index contributed by atoms with van der Waals surface area (Å²) in [7, 11) is 0. The Morgan fingerprint density at radius 1 is 1.33 bits per heavy atom. The van der Waals surface area contributed by atoms with E-state index in [1.807, 2.05) is 30.3 Å². The molecule has 2 heterocycles. The van der Waals surface area contributed by atoms with Crippen LogP contribution in [0.5, 0.6) is 0 Å². The van der Waals surface area contributed by atoms with Crippen molar-refractivity contribution in [3.8, 4) is 0 Å². The van der Waals surface area contributed by atoms with Crippen LogP contribution in [0.25, 0.3) is 6.08 Å². The van der Waals surface area contributed by atoms with Crippen LogP contribution < -0.4 is 5.32 Å². The van der Waals surface area contributed by atoms with Crippen molar-refractivity contribution < 1.29 is 19.1 Å². The number of carbonyl (C=O) groups excluding carboxylic acids is 3. The molecule has 0 aromatic heterocycles. The lowest BCUT2D eigenvalue weighted by atomic mass is 10.2. The van der Waals surface area contributed by atoms with Crippen molar-refractivity contribution in [2.45, 2.75) is 18.9 Å². The number of hydrogen-bond acceptors (Lipinski definition) is 5. The van der Waals surface area contributed by atoms with Crippen LogP contribution in [0, 0.1) is 0 Å². The second-order valence-corrected chi connectivity index (χ2v) is 6.61. The van der Waals surface area contributed by atoms with Gasteiger partial charge >= 0.3 is 0 Å². The summed E-state index contributed by atoms with van der Waals surface area (Å²) in [4.78, 5) is 37.6. The Morgan fingerprint density at radius 2 is 2.12 bits per heavy atom. The van der Waals surface area contributed by atoms with Crippen molar-refractivity contribution in [2.24, 2.45) is 0 Å². The smallest absolute Gasteiger partial charge is 0.294 e. The summed E-state index contributed by atoms with van der Waals surface area (Å²) in [5.41, 5.74) is 0.839. The number of nitrogens with one attached hydrogen (secondary N) is 1. The zero-order valence-corrected chi connectivity index (χ0v) is 13.9. The molecule has 2 aliphatic heterocycles. The SMILES string of the molecule is O=C(CN1C(=O)S/C(=C\c2ccccc2)C1=O)NC[C@H]1CCCO1.